The van der Waals surface area contributed by atoms with Gasteiger partial charge >= 0.3 is 0 Å². The van der Waals surface area contributed by atoms with Crippen LogP contribution in [0.15, 0.2) is 117 Å². The second-order valence-electron chi connectivity index (χ2n) is 18.3. The Labute approximate surface area is 383 Å². The Hall–Kier alpha value is -2.89. The number of rotatable bonds is 4. The van der Waals surface area contributed by atoms with E-state index in [0.717, 1.165) is 22.7 Å². The molecule has 6 rings (SSSR count). The van der Waals surface area contributed by atoms with Crippen LogP contribution in [0.2, 0.25) is 0 Å². The zero-order valence-electron chi connectivity index (χ0n) is 34.8. The van der Waals surface area contributed by atoms with E-state index in [9.17, 15) is 0 Å². The summed E-state index contributed by atoms with van der Waals surface area (Å²) in [6, 6.07) is 33.5. The molecule has 0 aliphatic rings. The second-order valence-corrected chi connectivity index (χ2v) is 20.6. The van der Waals surface area contributed by atoms with E-state index in [-0.39, 0.29) is 38.2 Å². The Kier molecular flexibility index (Phi) is 14.3. The van der Waals surface area contributed by atoms with Gasteiger partial charge in [0.25, 0.3) is 0 Å². The third kappa shape index (κ3) is 10.1. The molecule has 0 N–H and O–H groups in total. The summed E-state index contributed by atoms with van der Waals surface area (Å²) in [6.45, 7) is 26.4. The van der Waals surface area contributed by atoms with Crippen molar-refractivity contribution in [2.24, 2.45) is 0 Å². The third-order valence-corrected chi connectivity index (χ3v) is 12.3. The molecule has 11 heteroatoms. The first-order valence-electron chi connectivity index (χ1n) is 18.7. The normalized spacial score (nSPS) is 12.1. The van der Waals surface area contributed by atoms with Gasteiger partial charge in [-0.05, 0) is 117 Å². The van der Waals surface area contributed by atoms with Gasteiger partial charge in [0.05, 0.1) is 0 Å². The third-order valence-electron chi connectivity index (χ3n) is 9.82. The molecule has 0 bridgehead atoms. The van der Waals surface area contributed by atoms with Crippen molar-refractivity contribution in [3.63, 3.8) is 0 Å². The van der Waals surface area contributed by atoms with Gasteiger partial charge in [-0.15, -0.1) is 20.1 Å². The number of imidazole rings is 2. The topological polar surface area (TPSA) is 19.7 Å². The van der Waals surface area contributed by atoms with E-state index < -0.39 is 0 Å². The van der Waals surface area contributed by atoms with Crippen molar-refractivity contribution in [3.8, 4) is 22.7 Å². The molecule has 0 spiro atoms. The predicted molar refractivity (Wildman–Crippen MR) is 249 cm³/mol. The van der Waals surface area contributed by atoms with Crippen molar-refractivity contribution >= 4 is 75.0 Å². The number of hydrogen-bond acceptors (Lipinski definition) is 6. The van der Waals surface area contributed by atoms with E-state index in [0.29, 0.717) is 29.6 Å². The molecule has 0 saturated carbocycles. The van der Waals surface area contributed by atoms with Crippen LogP contribution < -0.4 is 0 Å². The molecule has 0 aliphatic heterocycles. The summed E-state index contributed by atoms with van der Waals surface area (Å²) in [5, 5.41) is 2.30. The Morgan fingerprint density at radius 2 is 0.526 bits per heavy atom. The molecule has 4 aromatic carbocycles. The van der Waals surface area contributed by atoms with Gasteiger partial charge in [0.1, 0.15) is 0 Å². The SMILES string of the molecule is CC(C)(C)c1cccc(-n2c([S-])c([S-])n(-c3cccc(C(C)(C)C)c3)c2=S)c1.CC(C)(C)c1cccc(-n2c([S-])c([S-])n(-c3cccc(C(C)(C)C)c3)c2=S)c1.[Ni]. The van der Waals surface area contributed by atoms with Crippen LogP contribution in [0.25, 0.3) is 22.7 Å². The molecule has 0 aliphatic carbocycles. The van der Waals surface area contributed by atoms with E-state index >= 15 is 0 Å². The van der Waals surface area contributed by atoms with Crippen LogP contribution in [-0.4, -0.2) is 18.3 Å². The standard InChI is InChI=1S/2C23H28N2S3.Ni/c2*1-22(2,3)15-9-7-11-17(13-15)24-19(26)20(27)25(21(24)28)18-12-8-10-16(14-18)23(4,5)6;/h2*7-14,26-27H,1-6H3;/p-4. The maximum Gasteiger partial charge on any atom is 0.186 e. The van der Waals surface area contributed by atoms with Crippen LogP contribution in [0, 0.1) is 9.54 Å². The van der Waals surface area contributed by atoms with Gasteiger partial charge in [0.15, 0.2) is 9.54 Å². The van der Waals surface area contributed by atoms with Gasteiger partial charge < -0.3 is 68.8 Å². The van der Waals surface area contributed by atoms with Gasteiger partial charge in [0, 0.05) is 39.2 Å². The molecule has 306 valence electrons. The van der Waals surface area contributed by atoms with Gasteiger partial charge in [0.2, 0.25) is 0 Å². The molecule has 0 amide bonds. The molecular formula is C46H52N4NiS6-4. The van der Waals surface area contributed by atoms with Crippen molar-refractivity contribution in [3.05, 3.63) is 129 Å². The molecule has 0 atom stereocenters. The summed E-state index contributed by atoms with van der Waals surface area (Å²) in [5.41, 5.74) is 8.92. The molecule has 6 aromatic rings. The fourth-order valence-corrected chi connectivity index (χ4v) is 8.44. The minimum absolute atomic E-state index is 0. The number of nitrogens with zero attached hydrogens (tertiary/aromatic N) is 4. The van der Waals surface area contributed by atoms with Crippen molar-refractivity contribution in [2.75, 3.05) is 0 Å². The quantitative estimate of drug-likeness (QED) is 0.0990. The Morgan fingerprint density at radius 3 is 0.684 bits per heavy atom. The smallest absolute Gasteiger partial charge is 0.186 e. The molecule has 0 unspecified atom stereocenters. The average molecular weight is 912 g/mol. The first-order valence-corrected chi connectivity index (χ1v) is 21.1. The maximum atomic E-state index is 5.83. The van der Waals surface area contributed by atoms with Crippen LogP contribution in [-0.2, 0) is 88.7 Å². The molecular weight excluding hydrogens is 860 g/mol. The zero-order chi connectivity index (χ0) is 41.7. The first-order chi connectivity index (χ1) is 25.8. The van der Waals surface area contributed by atoms with Crippen molar-refractivity contribution in [2.45, 2.75) is 125 Å². The fraction of sp³-hybridized carbons (Fsp3) is 0.348. The second kappa shape index (κ2) is 17.4. The first kappa shape index (κ1) is 46.8. The minimum atomic E-state index is 0. The van der Waals surface area contributed by atoms with Crippen LogP contribution >= 0.6 is 24.4 Å². The Balaban J connectivity index is 0.000000248. The number of hydrogen-bond donors (Lipinski definition) is 0. The van der Waals surface area contributed by atoms with Gasteiger partial charge in [-0.2, -0.15) is 0 Å². The van der Waals surface area contributed by atoms with Crippen molar-refractivity contribution < 1.29 is 16.5 Å². The maximum absolute atomic E-state index is 5.83. The average Bonchev–Trinajstić information content (AvgIpc) is 3.48. The largest absolute Gasteiger partial charge is 0.762 e. The summed E-state index contributed by atoms with van der Waals surface area (Å²) in [7, 11) is 0. The Morgan fingerprint density at radius 1 is 0.351 bits per heavy atom. The number of aromatic nitrogens is 4. The monoisotopic (exact) mass is 910 g/mol. The fourth-order valence-electron chi connectivity index (χ4n) is 6.29. The van der Waals surface area contributed by atoms with Crippen LogP contribution in [0.3, 0.4) is 0 Å². The van der Waals surface area contributed by atoms with Crippen LogP contribution in [0.1, 0.15) is 105 Å². The van der Waals surface area contributed by atoms with Crippen LogP contribution in [0.4, 0.5) is 0 Å². The summed E-state index contributed by atoms with van der Waals surface area (Å²) in [6.07, 6.45) is 0. The molecule has 0 saturated heterocycles. The zero-order valence-corrected chi connectivity index (χ0v) is 40.7. The van der Waals surface area contributed by atoms with Gasteiger partial charge in [-0.25, -0.2) is 0 Å². The van der Waals surface area contributed by atoms with Gasteiger partial charge in [-0.1, -0.05) is 132 Å². The summed E-state index contributed by atoms with van der Waals surface area (Å²) in [5.74, 6) is 0. The summed E-state index contributed by atoms with van der Waals surface area (Å²) >= 11 is 34.5. The van der Waals surface area contributed by atoms with E-state index in [1.165, 1.54) is 22.3 Å². The minimum Gasteiger partial charge on any atom is -0.762 e. The van der Waals surface area contributed by atoms with Gasteiger partial charge in [-0.3, -0.25) is 0 Å². The van der Waals surface area contributed by atoms with Crippen molar-refractivity contribution in [1.82, 2.24) is 18.3 Å². The van der Waals surface area contributed by atoms with E-state index in [4.69, 9.17) is 75.0 Å². The molecule has 2 aromatic heterocycles. The van der Waals surface area contributed by atoms with E-state index in [1.807, 2.05) is 66.8 Å². The molecule has 0 fully saturated rings. The van der Waals surface area contributed by atoms with E-state index in [2.05, 4.69) is 132 Å². The summed E-state index contributed by atoms with van der Waals surface area (Å²) < 4.78 is 8.84. The molecule has 0 radical (unpaired) electrons. The Bertz CT molecular complexity index is 2170. The van der Waals surface area contributed by atoms with Crippen molar-refractivity contribution in [1.29, 1.82) is 0 Å². The molecule has 2 heterocycles. The van der Waals surface area contributed by atoms with E-state index in [1.54, 1.807) is 0 Å². The number of benzene rings is 4. The molecule has 4 nitrogen and oxygen atoms in total. The van der Waals surface area contributed by atoms with Crippen LogP contribution in [0.5, 0.6) is 0 Å². The summed E-state index contributed by atoms with van der Waals surface area (Å²) in [4.78, 5) is 0. The predicted octanol–water partition coefficient (Wildman–Crippen LogP) is 12.8. The molecule has 57 heavy (non-hydrogen) atoms.